The van der Waals surface area contributed by atoms with E-state index in [1.807, 2.05) is 74.5 Å². The molecule has 0 fully saturated rings. The zero-order valence-electron chi connectivity index (χ0n) is 26.3. The second kappa shape index (κ2) is 19.9. The molecule has 0 bridgehead atoms. The van der Waals surface area contributed by atoms with E-state index in [0.717, 1.165) is 36.8 Å². The quantitative estimate of drug-likeness (QED) is 0.0790. The first-order valence-corrected chi connectivity index (χ1v) is 15.4. The first-order chi connectivity index (χ1) is 22.4. The van der Waals surface area contributed by atoms with Crippen LogP contribution in [0.25, 0.3) is 0 Å². The van der Waals surface area contributed by atoms with Gasteiger partial charge < -0.3 is 18.9 Å². The average Bonchev–Trinajstić information content (AvgIpc) is 3.11. The van der Waals surface area contributed by atoms with Crippen LogP contribution in [0.15, 0.2) is 109 Å². The topological polar surface area (TPSA) is 105 Å². The van der Waals surface area contributed by atoms with E-state index in [2.05, 4.69) is 0 Å². The molecular weight excluding hydrogens is 584 g/mol. The summed E-state index contributed by atoms with van der Waals surface area (Å²) in [6.07, 6.45) is 3.47. The van der Waals surface area contributed by atoms with Crippen LogP contribution in [0.5, 0.6) is 0 Å². The second-order valence-electron chi connectivity index (χ2n) is 10.2. The predicted octanol–water partition coefficient (Wildman–Crippen LogP) is 8.00. The van der Waals surface area contributed by atoms with E-state index >= 15 is 0 Å². The largest absolute Gasteiger partial charge is 0.462 e. The minimum atomic E-state index is -0.531. The minimum absolute atomic E-state index is 0.166. The van der Waals surface area contributed by atoms with Gasteiger partial charge in [0.05, 0.1) is 35.5 Å². The SMILES string of the molecule is CCCCOC(=O)c1ccccc1C(=O)OCc1ccccc1.CCCCOC(=O)c1ccccc1C(=O)OCc1ccccc1. The molecule has 0 radical (unpaired) electrons. The maximum absolute atomic E-state index is 12.2. The van der Waals surface area contributed by atoms with Crippen LogP contribution < -0.4 is 0 Å². The molecule has 0 N–H and O–H groups in total. The van der Waals surface area contributed by atoms with Crippen LogP contribution in [0.2, 0.25) is 0 Å². The van der Waals surface area contributed by atoms with Crippen molar-refractivity contribution in [3.05, 3.63) is 143 Å². The summed E-state index contributed by atoms with van der Waals surface area (Å²) in [5, 5.41) is 0. The van der Waals surface area contributed by atoms with Gasteiger partial charge in [-0.05, 0) is 48.2 Å². The number of esters is 4. The number of carbonyl (C=O) groups is 4. The Bertz CT molecular complexity index is 1420. The summed E-state index contributed by atoms with van der Waals surface area (Å²) < 4.78 is 20.9. The second-order valence-corrected chi connectivity index (χ2v) is 10.2. The van der Waals surface area contributed by atoms with Crippen LogP contribution in [0.1, 0.15) is 92.1 Å². The van der Waals surface area contributed by atoms with Gasteiger partial charge in [-0.3, -0.25) is 0 Å². The molecule has 0 spiro atoms. The molecule has 8 nitrogen and oxygen atoms in total. The number of hydrogen-bond donors (Lipinski definition) is 0. The van der Waals surface area contributed by atoms with Gasteiger partial charge in [-0.25, -0.2) is 19.2 Å². The van der Waals surface area contributed by atoms with Gasteiger partial charge in [0.2, 0.25) is 0 Å². The van der Waals surface area contributed by atoms with E-state index in [0.29, 0.717) is 13.2 Å². The van der Waals surface area contributed by atoms with Crippen molar-refractivity contribution in [1.29, 1.82) is 0 Å². The lowest BCUT2D eigenvalue weighted by Gasteiger charge is -2.09. The van der Waals surface area contributed by atoms with Crippen LogP contribution >= 0.6 is 0 Å². The Kier molecular flexibility index (Phi) is 15.3. The number of benzene rings is 4. The average molecular weight is 625 g/mol. The van der Waals surface area contributed by atoms with Gasteiger partial charge in [0, 0.05) is 0 Å². The highest BCUT2D eigenvalue weighted by Crippen LogP contribution is 2.15. The molecule has 46 heavy (non-hydrogen) atoms. The monoisotopic (exact) mass is 624 g/mol. The Labute approximate surface area is 270 Å². The maximum atomic E-state index is 12.2. The molecule has 240 valence electrons. The number of hydrogen-bond acceptors (Lipinski definition) is 8. The maximum Gasteiger partial charge on any atom is 0.339 e. The molecule has 0 heterocycles. The van der Waals surface area contributed by atoms with Gasteiger partial charge >= 0.3 is 23.9 Å². The van der Waals surface area contributed by atoms with Gasteiger partial charge in [0.25, 0.3) is 0 Å². The fourth-order valence-electron chi connectivity index (χ4n) is 4.05. The first kappa shape index (κ1) is 35.2. The van der Waals surface area contributed by atoms with Crippen LogP contribution in [-0.2, 0) is 32.2 Å². The summed E-state index contributed by atoms with van der Waals surface area (Å²) in [6, 6.07) is 31.9. The molecule has 0 saturated carbocycles. The minimum Gasteiger partial charge on any atom is -0.462 e. The lowest BCUT2D eigenvalue weighted by Crippen LogP contribution is -2.14. The first-order valence-electron chi connectivity index (χ1n) is 15.4. The van der Waals surface area contributed by atoms with Crippen molar-refractivity contribution < 1.29 is 38.1 Å². The van der Waals surface area contributed by atoms with Crippen molar-refractivity contribution in [3.8, 4) is 0 Å². The molecule has 0 aliphatic rings. The van der Waals surface area contributed by atoms with Crippen LogP contribution in [0.3, 0.4) is 0 Å². The predicted molar refractivity (Wildman–Crippen MR) is 174 cm³/mol. The fourth-order valence-corrected chi connectivity index (χ4v) is 4.05. The molecule has 0 aliphatic carbocycles. The zero-order valence-corrected chi connectivity index (χ0v) is 26.3. The van der Waals surface area contributed by atoms with E-state index in [-0.39, 0.29) is 35.5 Å². The summed E-state index contributed by atoms with van der Waals surface area (Å²) in [4.78, 5) is 48.7. The van der Waals surface area contributed by atoms with Gasteiger partial charge in [-0.15, -0.1) is 0 Å². The smallest absolute Gasteiger partial charge is 0.339 e. The van der Waals surface area contributed by atoms with E-state index < -0.39 is 23.9 Å². The number of unbranched alkanes of at least 4 members (excludes halogenated alkanes) is 2. The highest BCUT2D eigenvalue weighted by molar-refractivity contribution is 6.03. The summed E-state index contributed by atoms with van der Waals surface area (Å²) >= 11 is 0. The standard InChI is InChI=1S/2C19H20O4/c2*1-2-3-13-22-18(20)16-11-7-8-12-17(16)19(21)23-14-15-9-5-4-6-10-15/h2*4-12H,2-3,13-14H2,1H3. The molecule has 8 heteroatoms. The Balaban J connectivity index is 0.000000250. The lowest BCUT2D eigenvalue weighted by molar-refractivity contribution is 0.0436. The van der Waals surface area contributed by atoms with Crippen LogP contribution in [0.4, 0.5) is 0 Å². The third kappa shape index (κ3) is 11.7. The van der Waals surface area contributed by atoms with Crippen molar-refractivity contribution in [3.63, 3.8) is 0 Å². The Hall–Kier alpha value is -5.24. The van der Waals surface area contributed by atoms with Crippen molar-refractivity contribution in [2.75, 3.05) is 13.2 Å². The lowest BCUT2D eigenvalue weighted by atomic mass is 10.1. The van der Waals surface area contributed by atoms with Crippen molar-refractivity contribution in [1.82, 2.24) is 0 Å². The van der Waals surface area contributed by atoms with Gasteiger partial charge in [0.15, 0.2) is 0 Å². The summed E-state index contributed by atoms with van der Waals surface area (Å²) in [5.41, 5.74) is 2.71. The summed E-state index contributed by atoms with van der Waals surface area (Å²) in [6.45, 7) is 5.06. The van der Waals surface area contributed by atoms with Crippen LogP contribution in [-0.4, -0.2) is 37.1 Å². The molecule has 0 aliphatic heterocycles. The summed E-state index contributed by atoms with van der Waals surface area (Å²) in [5.74, 6) is -2.05. The van der Waals surface area contributed by atoms with Gasteiger partial charge in [0.1, 0.15) is 13.2 Å². The number of rotatable bonds is 14. The molecule has 0 aromatic heterocycles. The number of carbonyl (C=O) groups excluding carboxylic acids is 4. The Morgan fingerprint density at radius 3 is 1.00 bits per heavy atom. The third-order valence-electron chi connectivity index (χ3n) is 6.62. The molecule has 0 unspecified atom stereocenters. The third-order valence-corrected chi connectivity index (χ3v) is 6.62. The molecule has 4 rings (SSSR count). The molecule has 0 saturated heterocycles. The van der Waals surface area contributed by atoms with Gasteiger partial charge in [-0.1, -0.05) is 112 Å². The van der Waals surface area contributed by atoms with E-state index in [9.17, 15) is 19.2 Å². The summed E-state index contributed by atoms with van der Waals surface area (Å²) in [7, 11) is 0. The van der Waals surface area contributed by atoms with Gasteiger partial charge in [-0.2, -0.15) is 0 Å². The highest BCUT2D eigenvalue weighted by atomic mass is 16.5. The zero-order chi connectivity index (χ0) is 33.0. The molecule has 4 aromatic rings. The van der Waals surface area contributed by atoms with Crippen molar-refractivity contribution in [2.24, 2.45) is 0 Å². The van der Waals surface area contributed by atoms with Crippen molar-refractivity contribution in [2.45, 2.75) is 52.7 Å². The Morgan fingerprint density at radius 1 is 0.413 bits per heavy atom. The highest BCUT2D eigenvalue weighted by Gasteiger charge is 2.20. The molecule has 0 amide bonds. The molecular formula is C38H40O8. The van der Waals surface area contributed by atoms with E-state index in [1.54, 1.807) is 48.5 Å². The Morgan fingerprint density at radius 2 is 0.696 bits per heavy atom. The normalized spacial score (nSPS) is 10.1. The number of ether oxygens (including phenoxy) is 4. The molecule has 4 aromatic carbocycles. The fraction of sp³-hybridized carbons (Fsp3) is 0.263. The van der Waals surface area contributed by atoms with E-state index in [1.165, 1.54) is 0 Å². The van der Waals surface area contributed by atoms with Crippen LogP contribution in [0, 0.1) is 0 Å². The van der Waals surface area contributed by atoms with E-state index in [4.69, 9.17) is 18.9 Å². The van der Waals surface area contributed by atoms with Crippen molar-refractivity contribution >= 4 is 23.9 Å². The molecule has 0 atom stereocenters.